The summed E-state index contributed by atoms with van der Waals surface area (Å²) in [6, 6.07) is 8.73. The second-order valence-corrected chi connectivity index (χ2v) is 6.74. The maximum Gasteiger partial charge on any atom is 0.0767 e. The number of nitrogens with zero attached hydrogens (tertiary/aromatic N) is 2. The fourth-order valence-electron chi connectivity index (χ4n) is 2.14. The van der Waals surface area contributed by atoms with E-state index in [1.54, 1.807) is 0 Å². The smallest absolute Gasteiger partial charge is 0.0767 e. The van der Waals surface area contributed by atoms with Gasteiger partial charge in [-0.2, -0.15) is 5.10 Å². The van der Waals surface area contributed by atoms with E-state index in [9.17, 15) is 0 Å². The fraction of sp³-hybridized carbons (Fsp3) is 0.438. The van der Waals surface area contributed by atoms with Crippen LogP contribution < -0.4 is 5.32 Å². The normalized spacial score (nSPS) is 11.0. The van der Waals surface area contributed by atoms with Crippen LogP contribution in [-0.2, 0) is 25.8 Å². The van der Waals surface area contributed by atoms with Crippen LogP contribution in [0.4, 0.5) is 0 Å². The van der Waals surface area contributed by atoms with Crippen LogP contribution in [0.2, 0.25) is 0 Å². The first-order valence-corrected chi connectivity index (χ1v) is 9.06. The highest BCUT2D eigenvalue weighted by Crippen LogP contribution is 2.29. The third kappa shape index (κ3) is 4.34. The lowest BCUT2D eigenvalue weighted by Gasteiger charge is -2.06. The summed E-state index contributed by atoms with van der Waals surface area (Å²) in [5.41, 5.74) is 3.71. The van der Waals surface area contributed by atoms with Crippen molar-refractivity contribution in [1.82, 2.24) is 15.1 Å². The van der Waals surface area contributed by atoms with E-state index < -0.39 is 0 Å². The minimum absolute atomic E-state index is 0.925. The molecule has 0 unspecified atom stereocenters. The minimum Gasteiger partial charge on any atom is -0.313 e. The Kier molecular flexibility index (Phi) is 6.33. The van der Waals surface area contributed by atoms with Crippen LogP contribution in [-0.4, -0.2) is 16.3 Å². The molecule has 1 N–H and O–H groups in total. The number of halogens is 1. The number of aromatic nitrogens is 2. The molecule has 21 heavy (non-hydrogen) atoms. The summed E-state index contributed by atoms with van der Waals surface area (Å²) in [7, 11) is 2.02. The van der Waals surface area contributed by atoms with Crippen molar-refractivity contribution in [2.45, 2.75) is 37.5 Å². The molecule has 114 valence electrons. The van der Waals surface area contributed by atoms with Crippen LogP contribution in [0.25, 0.3) is 0 Å². The van der Waals surface area contributed by atoms with E-state index in [1.165, 1.54) is 16.2 Å². The van der Waals surface area contributed by atoms with Crippen LogP contribution in [0.3, 0.4) is 0 Å². The average Bonchev–Trinajstić information content (AvgIpc) is 2.77. The topological polar surface area (TPSA) is 29.9 Å². The van der Waals surface area contributed by atoms with E-state index in [4.69, 9.17) is 0 Å². The molecule has 0 atom stereocenters. The summed E-state index contributed by atoms with van der Waals surface area (Å²) in [5.74, 6) is 0.925. The van der Waals surface area contributed by atoms with Crippen molar-refractivity contribution in [3.8, 4) is 0 Å². The Hall–Kier alpha value is -0.780. The van der Waals surface area contributed by atoms with E-state index in [0.717, 1.165) is 35.4 Å². The van der Waals surface area contributed by atoms with E-state index in [-0.39, 0.29) is 0 Å². The third-order valence-corrected chi connectivity index (χ3v) is 5.28. The van der Waals surface area contributed by atoms with Crippen LogP contribution in [0, 0.1) is 0 Å². The standard InChI is InChI=1S/C16H22BrN3S/c1-4-14-16(17)15(20(3)19-14)11-21-13-8-6-7-12(9-13)10-18-5-2/h6-9,18H,4-5,10-11H2,1-3H3. The Morgan fingerprint density at radius 3 is 2.81 bits per heavy atom. The molecule has 0 saturated carbocycles. The second-order valence-electron chi connectivity index (χ2n) is 4.90. The van der Waals surface area contributed by atoms with Crippen molar-refractivity contribution in [3.63, 3.8) is 0 Å². The zero-order chi connectivity index (χ0) is 15.2. The lowest BCUT2D eigenvalue weighted by atomic mass is 10.2. The van der Waals surface area contributed by atoms with E-state index in [1.807, 2.05) is 23.5 Å². The quantitative estimate of drug-likeness (QED) is 0.745. The van der Waals surface area contributed by atoms with Crippen molar-refractivity contribution >= 4 is 27.7 Å². The van der Waals surface area contributed by atoms with E-state index in [2.05, 4.69) is 64.5 Å². The van der Waals surface area contributed by atoms with Crippen LogP contribution in [0.1, 0.15) is 30.8 Å². The van der Waals surface area contributed by atoms with Crippen LogP contribution in [0.15, 0.2) is 33.6 Å². The highest BCUT2D eigenvalue weighted by Gasteiger charge is 2.12. The van der Waals surface area contributed by atoms with Gasteiger partial charge in [-0.15, -0.1) is 11.8 Å². The Bertz CT molecular complexity index is 595. The average molecular weight is 368 g/mol. The first-order chi connectivity index (χ1) is 10.2. The molecule has 5 heteroatoms. The van der Waals surface area contributed by atoms with E-state index in [0.29, 0.717) is 0 Å². The molecule has 0 spiro atoms. The molecule has 0 aliphatic heterocycles. The molecule has 0 aliphatic carbocycles. The van der Waals surface area contributed by atoms with Gasteiger partial charge in [0, 0.05) is 24.2 Å². The van der Waals surface area contributed by atoms with Crippen LogP contribution >= 0.6 is 27.7 Å². The van der Waals surface area contributed by atoms with Gasteiger partial charge in [0.1, 0.15) is 0 Å². The molecule has 1 aromatic heterocycles. The zero-order valence-electron chi connectivity index (χ0n) is 12.8. The Labute approximate surface area is 139 Å². The number of hydrogen-bond acceptors (Lipinski definition) is 3. The van der Waals surface area contributed by atoms with Gasteiger partial charge in [0.25, 0.3) is 0 Å². The van der Waals surface area contributed by atoms with Crippen molar-refractivity contribution in [2.75, 3.05) is 6.54 Å². The molecule has 3 nitrogen and oxygen atoms in total. The summed E-state index contributed by atoms with van der Waals surface area (Å²) < 4.78 is 3.14. The third-order valence-electron chi connectivity index (χ3n) is 3.36. The van der Waals surface area contributed by atoms with Gasteiger partial charge in [0.2, 0.25) is 0 Å². The van der Waals surface area contributed by atoms with Crippen molar-refractivity contribution in [3.05, 3.63) is 45.7 Å². The largest absolute Gasteiger partial charge is 0.313 e. The minimum atomic E-state index is 0.925. The summed E-state index contributed by atoms with van der Waals surface area (Å²) in [4.78, 5) is 1.30. The number of rotatable bonds is 7. The molecule has 1 aromatic carbocycles. The summed E-state index contributed by atoms with van der Waals surface area (Å²) in [6.07, 6.45) is 0.956. The summed E-state index contributed by atoms with van der Waals surface area (Å²) >= 11 is 5.53. The molecule has 0 fully saturated rings. The number of nitrogens with one attached hydrogen (secondary N) is 1. The first kappa shape index (κ1) is 16.6. The molecule has 1 heterocycles. The zero-order valence-corrected chi connectivity index (χ0v) is 15.2. The lowest BCUT2D eigenvalue weighted by molar-refractivity contribution is 0.719. The predicted molar refractivity (Wildman–Crippen MR) is 93.7 cm³/mol. The fourth-order valence-corrected chi connectivity index (χ4v) is 4.13. The van der Waals surface area contributed by atoms with Gasteiger partial charge >= 0.3 is 0 Å². The van der Waals surface area contributed by atoms with Gasteiger partial charge in [0.15, 0.2) is 0 Å². The van der Waals surface area contributed by atoms with Crippen molar-refractivity contribution in [1.29, 1.82) is 0 Å². The monoisotopic (exact) mass is 367 g/mol. The number of benzene rings is 1. The van der Waals surface area contributed by atoms with Gasteiger partial charge in [-0.25, -0.2) is 0 Å². The number of thioether (sulfide) groups is 1. The molecular weight excluding hydrogens is 346 g/mol. The van der Waals surface area contributed by atoms with Crippen molar-refractivity contribution < 1.29 is 0 Å². The molecule has 0 bridgehead atoms. The Morgan fingerprint density at radius 1 is 1.33 bits per heavy atom. The SMILES string of the molecule is CCNCc1cccc(SCc2c(Br)c(CC)nn2C)c1. The summed E-state index contributed by atoms with van der Waals surface area (Å²) in [6.45, 7) is 6.19. The molecular formula is C16H22BrN3S. The number of aryl methyl sites for hydroxylation is 2. The lowest BCUT2D eigenvalue weighted by Crippen LogP contribution is -2.11. The van der Waals surface area contributed by atoms with Gasteiger partial charge in [-0.3, -0.25) is 4.68 Å². The molecule has 0 radical (unpaired) electrons. The molecule has 2 aromatic rings. The maximum absolute atomic E-state index is 4.55. The van der Waals surface area contributed by atoms with Crippen molar-refractivity contribution in [2.24, 2.45) is 7.05 Å². The molecule has 2 rings (SSSR count). The van der Waals surface area contributed by atoms with Crippen LogP contribution in [0.5, 0.6) is 0 Å². The predicted octanol–water partition coefficient (Wildman–Crippen LogP) is 4.15. The van der Waals surface area contributed by atoms with E-state index >= 15 is 0 Å². The highest BCUT2D eigenvalue weighted by molar-refractivity contribution is 9.10. The molecule has 0 aliphatic rings. The van der Waals surface area contributed by atoms with Gasteiger partial charge in [-0.1, -0.05) is 26.0 Å². The van der Waals surface area contributed by atoms with Gasteiger partial charge < -0.3 is 5.32 Å². The Morgan fingerprint density at radius 2 is 2.14 bits per heavy atom. The number of hydrogen-bond donors (Lipinski definition) is 1. The maximum atomic E-state index is 4.55. The second kappa shape index (κ2) is 8.01. The Balaban J connectivity index is 2.04. The first-order valence-electron chi connectivity index (χ1n) is 7.28. The summed E-state index contributed by atoms with van der Waals surface area (Å²) in [5, 5.41) is 7.91. The highest BCUT2D eigenvalue weighted by atomic mass is 79.9. The van der Waals surface area contributed by atoms with Gasteiger partial charge in [-0.05, 0) is 46.6 Å². The van der Waals surface area contributed by atoms with Gasteiger partial charge in [0.05, 0.1) is 15.9 Å². The molecule has 0 amide bonds. The molecule has 0 saturated heterocycles.